The highest BCUT2D eigenvalue weighted by molar-refractivity contribution is 5.87. The molecule has 0 heterocycles. The number of carboxylic acid groups (broad SMARTS) is 1. The Morgan fingerprint density at radius 2 is 1.75 bits per heavy atom. The molecule has 1 N–H and O–H groups in total. The summed E-state index contributed by atoms with van der Waals surface area (Å²) >= 11 is 0. The van der Waals surface area contributed by atoms with Crippen molar-refractivity contribution in [2.24, 2.45) is 11.8 Å². The second-order valence-electron chi connectivity index (χ2n) is 6.24. The van der Waals surface area contributed by atoms with Crippen molar-refractivity contribution in [2.45, 2.75) is 38.4 Å². The van der Waals surface area contributed by atoms with E-state index in [0.29, 0.717) is 18.4 Å². The maximum absolute atomic E-state index is 13.1. The fourth-order valence-electron chi connectivity index (χ4n) is 3.21. The highest BCUT2D eigenvalue weighted by Gasteiger charge is 2.48. The Kier molecular flexibility index (Phi) is 5.51. The van der Waals surface area contributed by atoms with E-state index in [-0.39, 0.29) is 24.9 Å². The SMILES string of the molecule is CN(Cc1ccc(C(=O)O)cc1)C(=O)[C@H]1CCCC[C@@H]1C(F)(F)F. The van der Waals surface area contributed by atoms with Crippen molar-refractivity contribution in [2.75, 3.05) is 7.05 Å². The summed E-state index contributed by atoms with van der Waals surface area (Å²) in [4.78, 5) is 24.6. The molecule has 1 aromatic carbocycles. The molecule has 4 nitrogen and oxygen atoms in total. The third-order valence-corrected chi connectivity index (χ3v) is 4.50. The van der Waals surface area contributed by atoms with Crippen LogP contribution in [0.5, 0.6) is 0 Å². The molecular formula is C17H20F3NO3. The van der Waals surface area contributed by atoms with E-state index in [2.05, 4.69) is 0 Å². The normalized spacial score (nSPS) is 21.3. The Morgan fingerprint density at radius 1 is 1.17 bits per heavy atom. The first kappa shape index (κ1) is 18.3. The second-order valence-corrected chi connectivity index (χ2v) is 6.24. The summed E-state index contributed by atoms with van der Waals surface area (Å²) in [7, 11) is 1.48. The van der Waals surface area contributed by atoms with E-state index in [0.717, 1.165) is 0 Å². The van der Waals surface area contributed by atoms with Gasteiger partial charge < -0.3 is 10.0 Å². The van der Waals surface area contributed by atoms with Gasteiger partial charge in [0.2, 0.25) is 5.91 Å². The molecule has 0 radical (unpaired) electrons. The molecule has 1 amide bonds. The van der Waals surface area contributed by atoms with Crippen molar-refractivity contribution >= 4 is 11.9 Å². The summed E-state index contributed by atoms with van der Waals surface area (Å²) < 4.78 is 39.4. The van der Waals surface area contributed by atoms with Crippen LogP contribution in [0.25, 0.3) is 0 Å². The zero-order valence-corrected chi connectivity index (χ0v) is 13.3. The van der Waals surface area contributed by atoms with Gasteiger partial charge in [-0.05, 0) is 30.5 Å². The number of hydrogen-bond donors (Lipinski definition) is 1. The van der Waals surface area contributed by atoms with Crippen LogP contribution in [0.1, 0.15) is 41.6 Å². The Bertz CT molecular complexity index is 598. The molecule has 2 atom stereocenters. The van der Waals surface area contributed by atoms with Crippen LogP contribution >= 0.6 is 0 Å². The number of nitrogens with zero attached hydrogens (tertiary/aromatic N) is 1. The van der Waals surface area contributed by atoms with Crippen LogP contribution in [0, 0.1) is 11.8 Å². The van der Waals surface area contributed by atoms with Gasteiger partial charge in [-0.15, -0.1) is 0 Å². The molecule has 7 heteroatoms. The smallest absolute Gasteiger partial charge is 0.392 e. The third-order valence-electron chi connectivity index (χ3n) is 4.50. The van der Waals surface area contributed by atoms with Gasteiger partial charge in [-0.2, -0.15) is 13.2 Å². The Labute approximate surface area is 138 Å². The molecule has 1 aliphatic carbocycles. The average Bonchev–Trinajstić information content (AvgIpc) is 2.53. The predicted octanol–water partition coefficient (Wildman–Crippen LogP) is 3.71. The van der Waals surface area contributed by atoms with Crippen LogP contribution in [0.15, 0.2) is 24.3 Å². The van der Waals surface area contributed by atoms with Gasteiger partial charge in [0, 0.05) is 19.5 Å². The molecule has 1 saturated carbocycles. The Morgan fingerprint density at radius 3 is 2.29 bits per heavy atom. The van der Waals surface area contributed by atoms with Crippen LogP contribution in [0.3, 0.4) is 0 Å². The van der Waals surface area contributed by atoms with Gasteiger partial charge in [0.25, 0.3) is 0 Å². The Hall–Kier alpha value is -2.05. The summed E-state index contributed by atoms with van der Waals surface area (Å²) in [6, 6.07) is 5.95. The molecule has 1 fully saturated rings. The number of benzene rings is 1. The molecule has 2 rings (SSSR count). The topological polar surface area (TPSA) is 57.6 Å². The first-order valence-corrected chi connectivity index (χ1v) is 7.84. The summed E-state index contributed by atoms with van der Waals surface area (Å²) in [5.74, 6) is -4.15. The van der Waals surface area contributed by atoms with E-state index in [1.54, 1.807) is 12.1 Å². The minimum Gasteiger partial charge on any atom is -0.478 e. The number of carboxylic acids is 1. The minimum absolute atomic E-state index is 0.00105. The van der Waals surface area contributed by atoms with Crippen molar-refractivity contribution in [1.82, 2.24) is 4.90 Å². The van der Waals surface area contributed by atoms with Crippen molar-refractivity contribution in [1.29, 1.82) is 0 Å². The number of alkyl halides is 3. The van der Waals surface area contributed by atoms with Gasteiger partial charge in [0.15, 0.2) is 0 Å². The Balaban J connectivity index is 2.06. The van der Waals surface area contributed by atoms with Crippen molar-refractivity contribution in [3.8, 4) is 0 Å². The highest BCUT2D eigenvalue weighted by Crippen LogP contribution is 2.42. The number of carbonyl (C=O) groups is 2. The largest absolute Gasteiger partial charge is 0.478 e. The lowest BCUT2D eigenvalue weighted by molar-refractivity contribution is -0.200. The number of aromatic carboxylic acids is 1. The highest BCUT2D eigenvalue weighted by atomic mass is 19.4. The molecule has 0 bridgehead atoms. The number of hydrogen-bond acceptors (Lipinski definition) is 2. The third kappa shape index (κ3) is 4.27. The van der Waals surface area contributed by atoms with Crippen molar-refractivity contribution in [3.05, 3.63) is 35.4 Å². The van der Waals surface area contributed by atoms with Gasteiger partial charge >= 0.3 is 12.1 Å². The second kappa shape index (κ2) is 7.23. The first-order valence-electron chi connectivity index (χ1n) is 7.84. The molecule has 24 heavy (non-hydrogen) atoms. The number of halogens is 3. The van der Waals surface area contributed by atoms with Gasteiger partial charge in [0.05, 0.1) is 11.5 Å². The molecular weight excluding hydrogens is 323 g/mol. The molecule has 0 aromatic heterocycles. The zero-order valence-electron chi connectivity index (χ0n) is 13.3. The molecule has 0 unspecified atom stereocenters. The lowest BCUT2D eigenvalue weighted by Gasteiger charge is -2.34. The molecule has 0 spiro atoms. The molecule has 1 aromatic rings. The lowest BCUT2D eigenvalue weighted by Crippen LogP contribution is -2.43. The van der Waals surface area contributed by atoms with Gasteiger partial charge in [-0.25, -0.2) is 4.79 Å². The van der Waals surface area contributed by atoms with E-state index in [9.17, 15) is 22.8 Å². The van der Waals surface area contributed by atoms with Gasteiger partial charge in [0.1, 0.15) is 0 Å². The fraction of sp³-hybridized carbons (Fsp3) is 0.529. The van der Waals surface area contributed by atoms with E-state index in [4.69, 9.17) is 5.11 Å². The monoisotopic (exact) mass is 343 g/mol. The summed E-state index contributed by atoms with van der Waals surface area (Å²) in [5.41, 5.74) is 0.798. The van der Waals surface area contributed by atoms with Crippen LogP contribution in [-0.4, -0.2) is 35.1 Å². The summed E-state index contributed by atoms with van der Waals surface area (Å²) in [6.45, 7) is 0.153. The average molecular weight is 343 g/mol. The molecule has 0 aliphatic heterocycles. The van der Waals surface area contributed by atoms with E-state index >= 15 is 0 Å². The number of amides is 1. The molecule has 132 valence electrons. The van der Waals surface area contributed by atoms with Crippen molar-refractivity contribution < 1.29 is 27.9 Å². The maximum Gasteiger partial charge on any atom is 0.392 e. The van der Waals surface area contributed by atoms with Crippen LogP contribution in [0.2, 0.25) is 0 Å². The lowest BCUT2D eigenvalue weighted by atomic mass is 9.78. The number of rotatable bonds is 4. The van der Waals surface area contributed by atoms with E-state index < -0.39 is 29.9 Å². The van der Waals surface area contributed by atoms with Crippen LogP contribution in [0.4, 0.5) is 13.2 Å². The van der Waals surface area contributed by atoms with Gasteiger partial charge in [-0.1, -0.05) is 25.0 Å². The van der Waals surface area contributed by atoms with Crippen LogP contribution < -0.4 is 0 Å². The molecule has 1 aliphatic rings. The van der Waals surface area contributed by atoms with Crippen LogP contribution in [-0.2, 0) is 11.3 Å². The van der Waals surface area contributed by atoms with E-state index in [1.807, 2.05) is 0 Å². The summed E-state index contributed by atoms with van der Waals surface area (Å²) in [5, 5.41) is 8.85. The molecule has 0 saturated heterocycles. The van der Waals surface area contributed by atoms with Crippen molar-refractivity contribution in [3.63, 3.8) is 0 Å². The first-order chi connectivity index (χ1) is 11.2. The van der Waals surface area contributed by atoms with Gasteiger partial charge in [-0.3, -0.25) is 4.79 Å². The zero-order chi connectivity index (χ0) is 17.9. The summed E-state index contributed by atoms with van der Waals surface area (Å²) in [6.07, 6.45) is -2.98. The quantitative estimate of drug-likeness (QED) is 0.907. The number of carbonyl (C=O) groups excluding carboxylic acids is 1. The fourth-order valence-corrected chi connectivity index (χ4v) is 3.21. The van der Waals surface area contributed by atoms with E-state index in [1.165, 1.54) is 24.1 Å². The predicted molar refractivity (Wildman–Crippen MR) is 81.4 cm³/mol. The maximum atomic E-state index is 13.1. The standard InChI is InChI=1S/C17H20F3NO3/c1-21(10-11-6-8-12(9-7-11)16(23)24)15(22)13-4-2-3-5-14(13)17(18,19)20/h6-9,13-14H,2-5,10H2,1H3,(H,23,24)/t13-,14-/m0/s1. The minimum atomic E-state index is -4.36.